The van der Waals surface area contributed by atoms with E-state index in [1.165, 1.54) is 13.1 Å². The molecule has 0 aromatic heterocycles. The average Bonchev–Trinajstić information content (AvgIpc) is 2.30. The van der Waals surface area contributed by atoms with Crippen molar-refractivity contribution < 1.29 is 13.2 Å². The van der Waals surface area contributed by atoms with Gasteiger partial charge >= 0.3 is 0 Å². The van der Waals surface area contributed by atoms with Crippen LogP contribution in [0.3, 0.4) is 0 Å². The number of primary amides is 1. The van der Waals surface area contributed by atoms with E-state index < -0.39 is 15.9 Å². The number of carbonyl (C=O) groups excluding carboxylic acids is 1. The minimum absolute atomic E-state index is 0.0336. The molecule has 0 saturated carbocycles. The highest BCUT2D eigenvalue weighted by atomic mass is 32.2. The Balaban J connectivity index is 3.11. The van der Waals surface area contributed by atoms with E-state index in [0.717, 1.165) is 0 Å². The number of sulfonamides is 1. The first-order valence-corrected chi connectivity index (χ1v) is 7.12. The molecular weight excluding hydrogens is 268 g/mol. The van der Waals surface area contributed by atoms with Crippen molar-refractivity contribution in [2.24, 2.45) is 5.73 Å². The molecule has 6 N–H and O–H groups in total. The molecule has 0 aliphatic rings. The molecule has 7 nitrogen and oxygen atoms in total. The first-order valence-electron chi connectivity index (χ1n) is 5.64. The van der Waals surface area contributed by atoms with E-state index in [-0.39, 0.29) is 17.4 Å². The van der Waals surface area contributed by atoms with Gasteiger partial charge in [0.1, 0.15) is 4.90 Å². The van der Waals surface area contributed by atoms with E-state index >= 15 is 0 Å². The van der Waals surface area contributed by atoms with Crippen molar-refractivity contribution in [2.45, 2.75) is 24.3 Å². The summed E-state index contributed by atoms with van der Waals surface area (Å²) < 4.78 is 26.0. The summed E-state index contributed by atoms with van der Waals surface area (Å²) in [6.45, 7) is 1.73. The second-order valence-corrected chi connectivity index (χ2v) is 6.03. The predicted molar refractivity (Wildman–Crippen MR) is 74.0 cm³/mol. The Bertz CT molecular complexity index is 571. The molecule has 0 aliphatic heterocycles. The largest absolute Gasteiger partial charge is 0.399 e. The molecule has 1 atom stereocenters. The van der Waals surface area contributed by atoms with Gasteiger partial charge in [-0.05, 0) is 32.2 Å². The maximum Gasteiger partial charge on any atom is 0.242 e. The number of benzene rings is 1. The van der Waals surface area contributed by atoms with Crippen LogP contribution in [-0.2, 0) is 14.8 Å². The fraction of sp³-hybridized carbons (Fsp3) is 0.364. The van der Waals surface area contributed by atoms with Gasteiger partial charge in [0.2, 0.25) is 15.9 Å². The zero-order chi connectivity index (χ0) is 14.6. The lowest BCUT2D eigenvalue weighted by molar-refractivity contribution is -0.118. The van der Waals surface area contributed by atoms with Crippen molar-refractivity contribution in [2.75, 3.05) is 18.1 Å². The molecule has 1 aromatic rings. The standard InChI is InChI=1S/C11H18N4O3S/c1-7(5-11(13)16)15-9-4-3-8(12)6-10(9)19(17,18)14-2/h3-4,6-7,14-15H,5,12H2,1-2H3,(H2,13,16). The van der Waals surface area contributed by atoms with Gasteiger partial charge in [-0.25, -0.2) is 13.1 Å². The molecule has 19 heavy (non-hydrogen) atoms. The molecule has 0 saturated heterocycles. The lowest BCUT2D eigenvalue weighted by Crippen LogP contribution is -2.26. The molecular formula is C11H18N4O3S. The lowest BCUT2D eigenvalue weighted by Gasteiger charge is -2.17. The van der Waals surface area contributed by atoms with E-state index in [2.05, 4.69) is 10.0 Å². The third-order valence-electron chi connectivity index (χ3n) is 2.47. The van der Waals surface area contributed by atoms with Gasteiger partial charge in [0.25, 0.3) is 0 Å². The van der Waals surface area contributed by atoms with Gasteiger partial charge in [-0.3, -0.25) is 4.79 Å². The monoisotopic (exact) mass is 286 g/mol. The summed E-state index contributed by atoms with van der Waals surface area (Å²) in [5.41, 5.74) is 11.4. The van der Waals surface area contributed by atoms with Crippen LogP contribution < -0.4 is 21.5 Å². The zero-order valence-corrected chi connectivity index (χ0v) is 11.6. The molecule has 0 fully saturated rings. The molecule has 0 spiro atoms. The number of nitrogen functional groups attached to an aromatic ring is 1. The quantitative estimate of drug-likeness (QED) is 0.541. The third-order valence-corrected chi connectivity index (χ3v) is 3.93. The molecule has 1 amide bonds. The topological polar surface area (TPSA) is 127 Å². The SMILES string of the molecule is CNS(=O)(=O)c1cc(N)ccc1NC(C)CC(N)=O. The number of rotatable bonds is 6. The van der Waals surface area contributed by atoms with E-state index in [1.807, 2.05) is 0 Å². The Kier molecular flexibility index (Phi) is 4.73. The average molecular weight is 286 g/mol. The molecule has 1 rings (SSSR count). The Morgan fingerprint density at radius 1 is 1.42 bits per heavy atom. The number of nitrogens with one attached hydrogen (secondary N) is 2. The van der Waals surface area contributed by atoms with Crippen LogP contribution in [0.1, 0.15) is 13.3 Å². The van der Waals surface area contributed by atoms with Crippen molar-refractivity contribution in [1.82, 2.24) is 4.72 Å². The number of hydrogen-bond donors (Lipinski definition) is 4. The minimum Gasteiger partial charge on any atom is -0.399 e. The Hall–Kier alpha value is -1.80. The van der Waals surface area contributed by atoms with E-state index in [1.54, 1.807) is 19.1 Å². The summed E-state index contributed by atoms with van der Waals surface area (Å²) in [5, 5.41) is 2.93. The number of hydrogen-bond acceptors (Lipinski definition) is 5. The maximum absolute atomic E-state index is 11.9. The molecule has 1 unspecified atom stereocenters. The summed E-state index contributed by atoms with van der Waals surface area (Å²) in [7, 11) is -2.32. The van der Waals surface area contributed by atoms with Crippen molar-refractivity contribution in [3.05, 3.63) is 18.2 Å². The molecule has 0 heterocycles. The summed E-state index contributed by atoms with van der Waals surface area (Å²) in [4.78, 5) is 10.9. The number of nitrogens with two attached hydrogens (primary N) is 2. The van der Waals surface area contributed by atoms with Gasteiger partial charge in [-0.1, -0.05) is 0 Å². The number of anilines is 2. The van der Waals surface area contributed by atoms with Crippen LogP contribution in [0.4, 0.5) is 11.4 Å². The molecule has 106 valence electrons. The van der Waals surface area contributed by atoms with Crippen LogP contribution >= 0.6 is 0 Å². The molecule has 1 aromatic carbocycles. The van der Waals surface area contributed by atoms with Crippen LogP contribution in [0.25, 0.3) is 0 Å². The van der Waals surface area contributed by atoms with Crippen LogP contribution in [-0.4, -0.2) is 27.4 Å². The summed E-state index contributed by atoms with van der Waals surface area (Å²) in [6, 6.07) is 4.20. The van der Waals surface area contributed by atoms with E-state index in [4.69, 9.17) is 11.5 Å². The Morgan fingerprint density at radius 3 is 2.58 bits per heavy atom. The number of amides is 1. The van der Waals surface area contributed by atoms with Crippen LogP contribution in [0.2, 0.25) is 0 Å². The van der Waals surface area contributed by atoms with Crippen molar-refractivity contribution in [3.8, 4) is 0 Å². The van der Waals surface area contributed by atoms with Gasteiger partial charge < -0.3 is 16.8 Å². The second-order valence-electron chi connectivity index (χ2n) is 4.18. The Morgan fingerprint density at radius 2 is 2.05 bits per heavy atom. The normalized spacial score (nSPS) is 12.9. The van der Waals surface area contributed by atoms with Crippen LogP contribution in [0, 0.1) is 0 Å². The maximum atomic E-state index is 11.9. The Labute approximate surface area is 112 Å². The first-order chi connectivity index (χ1) is 8.76. The van der Waals surface area contributed by atoms with Gasteiger partial charge in [0.15, 0.2) is 0 Å². The van der Waals surface area contributed by atoms with Gasteiger partial charge in [0, 0.05) is 18.2 Å². The third kappa shape index (κ3) is 4.11. The number of carbonyl (C=O) groups is 1. The molecule has 8 heteroatoms. The van der Waals surface area contributed by atoms with Gasteiger partial charge in [0.05, 0.1) is 5.69 Å². The molecule has 0 aliphatic carbocycles. The van der Waals surface area contributed by atoms with Crippen molar-refractivity contribution >= 4 is 27.3 Å². The fourth-order valence-corrected chi connectivity index (χ4v) is 2.54. The van der Waals surface area contributed by atoms with E-state index in [9.17, 15) is 13.2 Å². The summed E-state index contributed by atoms with van der Waals surface area (Å²) in [5.74, 6) is -0.464. The highest BCUT2D eigenvalue weighted by molar-refractivity contribution is 7.89. The second kappa shape index (κ2) is 5.89. The van der Waals surface area contributed by atoms with Crippen molar-refractivity contribution in [1.29, 1.82) is 0 Å². The molecule has 0 radical (unpaired) electrons. The highest BCUT2D eigenvalue weighted by Gasteiger charge is 2.18. The predicted octanol–water partition coefficient (Wildman–Crippen LogP) is -0.147. The molecule has 0 bridgehead atoms. The first kappa shape index (κ1) is 15.3. The smallest absolute Gasteiger partial charge is 0.242 e. The highest BCUT2D eigenvalue weighted by Crippen LogP contribution is 2.24. The summed E-state index contributed by atoms with van der Waals surface area (Å²) in [6.07, 6.45) is 0.101. The van der Waals surface area contributed by atoms with Gasteiger partial charge in [-0.15, -0.1) is 0 Å². The van der Waals surface area contributed by atoms with Crippen molar-refractivity contribution in [3.63, 3.8) is 0 Å². The lowest BCUT2D eigenvalue weighted by atomic mass is 10.2. The minimum atomic E-state index is -3.63. The fourth-order valence-electron chi connectivity index (χ4n) is 1.61. The van der Waals surface area contributed by atoms with E-state index in [0.29, 0.717) is 11.4 Å². The van der Waals surface area contributed by atoms with Crippen LogP contribution in [0.15, 0.2) is 23.1 Å². The van der Waals surface area contributed by atoms with Gasteiger partial charge in [-0.2, -0.15) is 0 Å². The summed E-state index contributed by atoms with van der Waals surface area (Å²) >= 11 is 0. The zero-order valence-electron chi connectivity index (χ0n) is 10.8. The van der Waals surface area contributed by atoms with Crippen LogP contribution in [0.5, 0.6) is 0 Å².